The highest BCUT2D eigenvalue weighted by Crippen LogP contribution is 2.39. The van der Waals surface area contributed by atoms with Crippen molar-refractivity contribution in [2.24, 2.45) is 0 Å². The summed E-state index contributed by atoms with van der Waals surface area (Å²) < 4.78 is 135. The highest BCUT2D eigenvalue weighted by Gasteiger charge is 2.41. The molecule has 5 aromatic rings. The molecule has 0 spiro atoms. The number of alkyl halides is 2. The van der Waals surface area contributed by atoms with Crippen molar-refractivity contribution in [3.8, 4) is 39.1 Å². The van der Waals surface area contributed by atoms with Crippen LogP contribution in [0.2, 0.25) is 0 Å². The molecule has 0 fully saturated rings. The Hall–Kier alpha value is -4.73. The van der Waals surface area contributed by atoms with Crippen LogP contribution in [-0.2, 0) is 6.11 Å². The summed E-state index contributed by atoms with van der Waals surface area (Å²) in [5.41, 5.74) is -2.06. The standard InChI is InChI=1S/C32H17F9O/c1-16-2-6-21(25(34)10-16)17-3-7-23(26(35)11-17)19-13-29(38)31(30(39)14-19)32(40,41)42-20-5-8-22(27(36)15-20)18-4-9-24(33)28(37)12-18/h2-15H,1H3. The maximum absolute atomic E-state index is 14.9. The fourth-order valence-corrected chi connectivity index (χ4v) is 4.43. The van der Waals surface area contributed by atoms with Crippen molar-refractivity contribution in [3.63, 3.8) is 0 Å². The van der Waals surface area contributed by atoms with Crippen molar-refractivity contribution in [1.82, 2.24) is 0 Å². The van der Waals surface area contributed by atoms with E-state index in [-0.39, 0.29) is 27.8 Å². The van der Waals surface area contributed by atoms with Crippen molar-refractivity contribution >= 4 is 0 Å². The summed E-state index contributed by atoms with van der Waals surface area (Å²) in [5, 5.41) is 0. The number of hydrogen-bond donors (Lipinski definition) is 0. The van der Waals surface area contributed by atoms with E-state index in [1.54, 1.807) is 13.0 Å². The van der Waals surface area contributed by atoms with Crippen LogP contribution in [0.1, 0.15) is 11.1 Å². The monoisotopic (exact) mass is 588 g/mol. The van der Waals surface area contributed by atoms with E-state index in [0.29, 0.717) is 29.8 Å². The van der Waals surface area contributed by atoms with E-state index in [1.165, 1.54) is 18.2 Å². The quantitative estimate of drug-likeness (QED) is 0.179. The van der Waals surface area contributed by atoms with Gasteiger partial charge in [-0.3, -0.25) is 0 Å². The predicted molar refractivity (Wildman–Crippen MR) is 138 cm³/mol. The van der Waals surface area contributed by atoms with E-state index in [2.05, 4.69) is 4.74 Å². The first-order valence-electron chi connectivity index (χ1n) is 12.2. The molecule has 0 unspecified atom stereocenters. The first kappa shape index (κ1) is 28.8. The van der Waals surface area contributed by atoms with Crippen LogP contribution in [0.3, 0.4) is 0 Å². The summed E-state index contributed by atoms with van der Waals surface area (Å²) in [6.07, 6.45) is -4.64. The lowest BCUT2D eigenvalue weighted by Gasteiger charge is -2.20. The van der Waals surface area contributed by atoms with Gasteiger partial charge >= 0.3 is 6.11 Å². The highest BCUT2D eigenvalue weighted by atomic mass is 19.3. The van der Waals surface area contributed by atoms with Crippen molar-refractivity contribution in [2.45, 2.75) is 13.0 Å². The second-order valence-corrected chi connectivity index (χ2v) is 9.38. The fourth-order valence-electron chi connectivity index (χ4n) is 4.43. The fraction of sp³-hybridized carbons (Fsp3) is 0.0625. The lowest BCUT2D eigenvalue weighted by Crippen LogP contribution is -2.25. The average Bonchev–Trinajstić information content (AvgIpc) is 2.89. The molecule has 10 heteroatoms. The van der Waals surface area contributed by atoms with Crippen LogP contribution >= 0.6 is 0 Å². The Bertz CT molecular complexity index is 1810. The van der Waals surface area contributed by atoms with Crippen LogP contribution in [0.15, 0.2) is 84.9 Å². The summed E-state index contributed by atoms with van der Waals surface area (Å²) >= 11 is 0. The van der Waals surface area contributed by atoms with Crippen LogP contribution in [0.25, 0.3) is 33.4 Å². The molecule has 0 radical (unpaired) electrons. The van der Waals surface area contributed by atoms with Gasteiger partial charge in [0.05, 0.1) is 0 Å². The minimum absolute atomic E-state index is 0.0878. The summed E-state index contributed by atoms with van der Waals surface area (Å²) in [7, 11) is 0. The molecule has 1 nitrogen and oxygen atoms in total. The Labute approximate surface area is 233 Å². The normalized spacial score (nSPS) is 11.6. The smallest absolute Gasteiger partial charge is 0.429 e. The molecule has 0 bridgehead atoms. The van der Waals surface area contributed by atoms with E-state index in [4.69, 9.17) is 0 Å². The molecule has 0 aliphatic rings. The summed E-state index contributed by atoms with van der Waals surface area (Å²) in [5.74, 6) is -9.56. The summed E-state index contributed by atoms with van der Waals surface area (Å²) in [6.45, 7) is 1.67. The SMILES string of the molecule is Cc1ccc(-c2ccc(-c3cc(F)c(C(F)(F)Oc4ccc(-c5ccc(F)c(F)c5)c(F)c4)c(F)c3)c(F)c2)c(F)c1. The van der Waals surface area contributed by atoms with Gasteiger partial charge in [-0.1, -0.05) is 30.3 Å². The van der Waals surface area contributed by atoms with Crippen molar-refractivity contribution in [1.29, 1.82) is 0 Å². The van der Waals surface area contributed by atoms with Crippen molar-refractivity contribution in [3.05, 3.63) is 137 Å². The Morgan fingerprint density at radius 1 is 0.452 bits per heavy atom. The number of benzene rings is 5. The Morgan fingerprint density at radius 3 is 1.50 bits per heavy atom. The molecule has 0 heterocycles. The van der Waals surface area contributed by atoms with E-state index in [0.717, 1.165) is 36.4 Å². The zero-order valence-electron chi connectivity index (χ0n) is 21.4. The van der Waals surface area contributed by atoms with E-state index in [9.17, 15) is 39.5 Å². The topological polar surface area (TPSA) is 9.23 Å². The number of ether oxygens (including phenoxy) is 1. The van der Waals surface area contributed by atoms with Gasteiger partial charge in [-0.15, -0.1) is 0 Å². The van der Waals surface area contributed by atoms with Crippen LogP contribution < -0.4 is 4.74 Å². The first-order valence-corrected chi connectivity index (χ1v) is 12.2. The maximum atomic E-state index is 14.9. The lowest BCUT2D eigenvalue weighted by atomic mass is 9.97. The van der Waals surface area contributed by atoms with Crippen molar-refractivity contribution in [2.75, 3.05) is 0 Å². The highest BCUT2D eigenvalue weighted by molar-refractivity contribution is 5.72. The van der Waals surface area contributed by atoms with E-state index < -0.39 is 63.7 Å². The number of aryl methyl sites for hydroxylation is 1. The summed E-state index contributed by atoms with van der Waals surface area (Å²) in [4.78, 5) is 0. The average molecular weight is 588 g/mol. The third-order valence-electron chi connectivity index (χ3n) is 6.47. The molecule has 0 aliphatic heterocycles. The van der Waals surface area contributed by atoms with Gasteiger partial charge < -0.3 is 4.74 Å². The Kier molecular flexibility index (Phi) is 7.49. The molecule has 5 rings (SSSR count). The Morgan fingerprint density at radius 2 is 0.929 bits per heavy atom. The van der Waals surface area contributed by atoms with Gasteiger partial charge in [0, 0.05) is 22.8 Å². The Balaban J connectivity index is 1.42. The van der Waals surface area contributed by atoms with Gasteiger partial charge in [-0.2, -0.15) is 8.78 Å². The molecular weight excluding hydrogens is 571 g/mol. The van der Waals surface area contributed by atoms with Gasteiger partial charge in [-0.25, -0.2) is 30.7 Å². The third-order valence-corrected chi connectivity index (χ3v) is 6.47. The zero-order chi connectivity index (χ0) is 30.3. The molecule has 0 saturated carbocycles. The minimum Gasteiger partial charge on any atom is -0.429 e. The van der Waals surface area contributed by atoms with Crippen LogP contribution in [-0.4, -0.2) is 0 Å². The van der Waals surface area contributed by atoms with E-state index >= 15 is 0 Å². The predicted octanol–water partition coefficient (Wildman–Crippen LogP) is 10.1. The molecule has 42 heavy (non-hydrogen) atoms. The van der Waals surface area contributed by atoms with Gasteiger partial charge in [0.1, 0.15) is 40.4 Å². The lowest BCUT2D eigenvalue weighted by molar-refractivity contribution is -0.189. The second-order valence-electron chi connectivity index (χ2n) is 9.38. The third kappa shape index (κ3) is 5.57. The number of hydrogen-bond acceptors (Lipinski definition) is 1. The van der Waals surface area contributed by atoms with Gasteiger partial charge in [0.25, 0.3) is 0 Å². The first-order chi connectivity index (χ1) is 19.8. The molecule has 0 N–H and O–H groups in total. The molecule has 214 valence electrons. The number of rotatable bonds is 6. The maximum Gasteiger partial charge on any atom is 0.432 e. The molecule has 5 aromatic carbocycles. The van der Waals surface area contributed by atoms with Crippen LogP contribution in [0, 0.1) is 47.6 Å². The molecule has 0 atom stereocenters. The second kappa shape index (κ2) is 10.9. The molecule has 0 aliphatic carbocycles. The minimum atomic E-state index is -4.64. The van der Waals surface area contributed by atoms with Crippen LogP contribution in [0.4, 0.5) is 39.5 Å². The molecule has 0 amide bonds. The summed E-state index contributed by atoms with van der Waals surface area (Å²) in [6, 6.07) is 13.5. The van der Waals surface area contributed by atoms with Crippen molar-refractivity contribution < 1.29 is 44.3 Å². The molecule has 0 saturated heterocycles. The van der Waals surface area contributed by atoms with Gasteiger partial charge in [0.15, 0.2) is 11.6 Å². The van der Waals surface area contributed by atoms with Gasteiger partial charge in [-0.05, 0) is 77.7 Å². The van der Waals surface area contributed by atoms with Crippen LogP contribution in [0.5, 0.6) is 5.75 Å². The largest absolute Gasteiger partial charge is 0.432 e. The number of halogens is 9. The van der Waals surface area contributed by atoms with E-state index in [1.807, 2.05) is 0 Å². The molecular formula is C32H17F9O. The zero-order valence-corrected chi connectivity index (χ0v) is 21.4. The molecule has 0 aromatic heterocycles. The van der Waals surface area contributed by atoms with Gasteiger partial charge in [0.2, 0.25) is 0 Å².